The number of carbonyl (C=O) groups excluding carboxylic acids is 2. The van der Waals surface area contributed by atoms with Gasteiger partial charge in [-0.2, -0.15) is 0 Å². The van der Waals surface area contributed by atoms with E-state index >= 15 is 0 Å². The highest BCUT2D eigenvalue weighted by Gasteiger charge is 2.21. The summed E-state index contributed by atoms with van der Waals surface area (Å²) in [4.78, 5) is 26.0. The number of piperidine rings is 1. The van der Waals surface area contributed by atoms with Gasteiger partial charge in [-0.05, 0) is 31.4 Å². The van der Waals surface area contributed by atoms with Crippen molar-refractivity contribution in [1.29, 1.82) is 0 Å². The highest BCUT2D eigenvalue weighted by atomic mass is 16.3. The van der Waals surface area contributed by atoms with Gasteiger partial charge in [-0.3, -0.25) is 9.59 Å². The van der Waals surface area contributed by atoms with E-state index in [1.165, 1.54) is 6.92 Å². The molecule has 0 radical (unpaired) electrons. The molecule has 1 aromatic rings. The highest BCUT2D eigenvalue weighted by Crippen LogP contribution is 2.17. The molecule has 126 valence electrons. The number of nitrogens with zero attached hydrogens (tertiary/aromatic N) is 1. The van der Waals surface area contributed by atoms with Crippen molar-refractivity contribution in [2.24, 2.45) is 0 Å². The zero-order valence-corrected chi connectivity index (χ0v) is 13.5. The molecule has 6 heteroatoms. The number of aliphatic hydroxyl groups excluding tert-OH is 1. The third kappa shape index (κ3) is 5.33. The van der Waals surface area contributed by atoms with Crippen LogP contribution < -0.4 is 10.6 Å². The molecule has 1 heterocycles. The van der Waals surface area contributed by atoms with Gasteiger partial charge in [0, 0.05) is 39.2 Å². The topological polar surface area (TPSA) is 81.7 Å². The van der Waals surface area contributed by atoms with Crippen LogP contribution in [0.1, 0.15) is 36.5 Å². The van der Waals surface area contributed by atoms with E-state index in [2.05, 4.69) is 15.5 Å². The second kappa shape index (κ2) is 8.64. The summed E-state index contributed by atoms with van der Waals surface area (Å²) in [5.41, 5.74) is 1.03. The summed E-state index contributed by atoms with van der Waals surface area (Å²) in [7, 11) is 0. The lowest BCUT2D eigenvalue weighted by atomic mass is 10.0. The predicted molar refractivity (Wildman–Crippen MR) is 89.4 cm³/mol. The van der Waals surface area contributed by atoms with Crippen LogP contribution in [0.4, 0.5) is 5.69 Å². The van der Waals surface area contributed by atoms with Crippen LogP contribution >= 0.6 is 0 Å². The van der Waals surface area contributed by atoms with E-state index in [-0.39, 0.29) is 24.5 Å². The minimum atomic E-state index is -0.192. The van der Waals surface area contributed by atoms with E-state index in [1.807, 2.05) is 0 Å². The number of carbonyl (C=O) groups is 2. The zero-order chi connectivity index (χ0) is 16.7. The van der Waals surface area contributed by atoms with Gasteiger partial charge >= 0.3 is 0 Å². The van der Waals surface area contributed by atoms with Gasteiger partial charge in [0.15, 0.2) is 0 Å². The van der Waals surface area contributed by atoms with Crippen LogP contribution in [0, 0.1) is 0 Å². The van der Waals surface area contributed by atoms with Gasteiger partial charge in [-0.25, -0.2) is 0 Å². The Labute approximate surface area is 136 Å². The number of anilines is 1. The second-order valence-electron chi connectivity index (χ2n) is 5.89. The third-order valence-electron chi connectivity index (χ3n) is 4.04. The van der Waals surface area contributed by atoms with Crippen LogP contribution in [-0.4, -0.2) is 54.1 Å². The number of hydrogen-bond acceptors (Lipinski definition) is 4. The molecule has 2 amide bonds. The number of hydrogen-bond donors (Lipinski definition) is 3. The maximum absolute atomic E-state index is 12.5. The molecule has 0 aliphatic carbocycles. The van der Waals surface area contributed by atoms with Crippen LogP contribution in [0.5, 0.6) is 0 Å². The lowest BCUT2D eigenvalue weighted by Gasteiger charge is -2.32. The smallest absolute Gasteiger partial charge is 0.253 e. The molecule has 0 bridgehead atoms. The number of rotatable bonds is 6. The highest BCUT2D eigenvalue weighted by molar-refractivity contribution is 6.03. The number of aliphatic hydroxyl groups is 1. The van der Waals surface area contributed by atoms with Gasteiger partial charge in [0.05, 0.1) is 11.3 Å². The molecular formula is C17H25N3O3. The minimum absolute atomic E-state index is 0.150. The molecule has 3 N–H and O–H groups in total. The molecule has 0 atom stereocenters. The Hall–Kier alpha value is -1.92. The molecule has 1 fully saturated rings. The van der Waals surface area contributed by atoms with Gasteiger partial charge < -0.3 is 20.6 Å². The molecular weight excluding hydrogens is 294 g/mol. The molecule has 1 saturated heterocycles. The fourth-order valence-electron chi connectivity index (χ4n) is 2.84. The van der Waals surface area contributed by atoms with Crippen molar-refractivity contribution in [3.05, 3.63) is 29.8 Å². The SMILES string of the molecule is CC(=O)Nc1ccccc1C(=O)NC1CCN(CCCO)CC1. The quantitative estimate of drug-likeness (QED) is 0.736. The van der Waals surface area contributed by atoms with Crippen molar-refractivity contribution in [2.75, 3.05) is 31.6 Å². The molecule has 1 aliphatic rings. The second-order valence-corrected chi connectivity index (χ2v) is 5.89. The first-order valence-corrected chi connectivity index (χ1v) is 8.11. The van der Waals surface area contributed by atoms with Crippen LogP contribution in [-0.2, 0) is 4.79 Å². The van der Waals surface area contributed by atoms with E-state index in [0.29, 0.717) is 11.3 Å². The minimum Gasteiger partial charge on any atom is -0.396 e. The van der Waals surface area contributed by atoms with Crippen molar-refractivity contribution in [3.63, 3.8) is 0 Å². The van der Waals surface area contributed by atoms with Crippen LogP contribution in [0.25, 0.3) is 0 Å². The molecule has 23 heavy (non-hydrogen) atoms. The van der Waals surface area contributed by atoms with Gasteiger partial charge in [0.2, 0.25) is 5.91 Å². The lowest BCUT2D eigenvalue weighted by molar-refractivity contribution is -0.114. The van der Waals surface area contributed by atoms with E-state index in [0.717, 1.165) is 38.9 Å². The molecule has 1 aromatic carbocycles. The Morgan fingerprint density at radius 2 is 1.96 bits per heavy atom. The van der Waals surface area contributed by atoms with E-state index in [1.54, 1.807) is 24.3 Å². The zero-order valence-electron chi connectivity index (χ0n) is 13.5. The summed E-state index contributed by atoms with van der Waals surface area (Å²) < 4.78 is 0. The first kappa shape index (κ1) is 17.4. The molecule has 2 rings (SSSR count). The van der Waals surface area contributed by atoms with Crippen LogP contribution in [0.15, 0.2) is 24.3 Å². The predicted octanol–water partition coefficient (Wildman–Crippen LogP) is 1.22. The summed E-state index contributed by atoms with van der Waals surface area (Å²) in [6.07, 6.45) is 2.60. The molecule has 1 aliphatic heterocycles. The average molecular weight is 319 g/mol. The van der Waals surface area contributed by atoms with Gasteiger partial charge in [-0.15, -0.1) is 0 Å². The normalized spacial score (nSPS) is 16.1. The Morgan fingerprint density at radius 3 is 2.61 bits per heavy atom. The Morgan fingerprint density at radius 1 is 1.26 bits per heavy atom. The van der Waals surface area contributed by atoms with E-state index < -0.39 is 0 Å². The first-order chi connectivity index (χ1) is 11.1. The molecule has 0 spiro atoms. The third-order valence-corrected chi connectivity index (χ3v) is 4.04. The van der Waals surface area contributed by atoms with Gasteiger partial charge in [-0.1, -0.05) is 12.1 Å². The largest absolute Gasteiger partial charge is 0.396 e. The van der Waals surface area contributed by atoms with Gasteiger partial charge in [0.25, 0.3) is 5.91 Å². The fourth-order valence-corrected chi connectivity index (χ4v) is 2.84. The number of benzene rings is 1. The molecule has 0 aromatic heterocycles. The average Bonchev–Trinajstić information content (AvgIpc) is 2.54. The Kier molecular flexibility index (Phi) is 6.55. The monoisotopic (exact) mass is 319 g/mol. The van der Waals surface area contributed by atoms with Crippen LogP contribution in [0.3, 0.4) is 0 Å². The summed E-state index contributed by atoms with van der Waals surface area (Å²) in [5.74, 6) is -0.342. The number of amides is 2. The molecule has 0 saturated carbocycles. The first-order valence-electron chi connectivity index (χ1n) is 8.11. The van der Waals surface area contributed by atoms with Crippen molar-refractivity contribution >= 4 is 17.5 Å². The van der Waals surface area contributed by atoms with Gasteiger partial charge in [0.1, 0.15) is 0 Å². The van der Waals surface area contributed by atoms with E-state index in [4.69, 9.17) is 5.11 Å². The summed E-state index contributed by atoms with van der Waals surface area (Å²) in [6, 6.07) is 7.18. The van der Waals surface area contributed by atoms with Crippen molar-refractivity contribution in [3.8, 4) is 0 Å². The lowest BCUT2D eigenvalue weighted by Crippen LogP contribution is -2.45. The molecule has 6 nitrogen and oxygen atoms in total. The summed E-state index contributed by atoms with van der Waals surface area (Å²) >= 11 is 0. The molecule has 0 unspecified atom stereocenters. The summed E-state index contributed by atoms with van der Waals surface area (Å²) in [6.45, 7) is 4.41. The van der Waals surface area contributed by atoms with Crippen molar-refractivity contribution in [2.45, 2.75) is 32.2 Å². The van der Waals surface area contributed by atoms with Crippen molar-refractivity contribution in [1.82, 2.24) is 10.2 Å². The fraction of sp³-hybridized carbons (Fsp3) is 0.529. The Bertz CT molecular complexity index is 540. The Balaban J connectivity index is 1.89. The standard InChI is InChI=1S/C17H25N3O3/c1-13(22)18-16-6-3-2-5-15(16)17(23)19-14-7-10-20(11-8-14)9-4-12-21/h2-3,5-6,14,21H,4,7-12H2,1H3,(H,18,22)(H,19,23). The maximum Gasteiger partial charge on any atom is 0.253 e. The number of nitrogens with one attached hydrogen (secondary N) is 2. The van der Waals surface area contributed by atoms with Crippen molar-refractivity contribution < 1.29 is 14.7 Å². The number of para-hydroxylation sites is 1. The van der Waals surface area contributed by atoms with E-state index in [9.17, 15) is 9.59 Å². The maximum atomic E-state index is 12.5. The number of likely N-dealkylation sites (tertiary alicyclic amines) is 1. The summed E-state index contributed by atoms with van der Waals surface area (Å²) in [5, 5.41) is 14.6. The van der Waals surface area contributed by atoms with Crippen LogP contribution in [0.2, 0.25) is 0 Å².